The molecule has 3 nitrogen and oxygen atoms in total. The van der Waals surface area contributed by atoms with Crippen molar-refractivity contribution < 1.29 is 8.78 Å². The Bertz CT molecular complexity index is 525. The third kappa shape index (κ3) is 11.1. The zero-order valence-corrected chi connectivity index (χ0v) is 13.7. The molecule has 0 bridgehead atoms. The van der Waals surface area contributed by atoms with E-state index < -0.39 is 11.7 Å². The molecular weight excluding hydrogens is 296 g/mol. The molecule has 0 rings (SSSR count). The van der Waals surface area contributed by atoms with E-state index in [0.717, 1.165) is 25.3 Å². The Hall–Kier alpha value is -2.22. The summed E-state index contributed by atoms with van der Waals surface area (Å²) < 4.78 is 25.9. The standard InChI is InChI=1S/C18H25F2N3/c1-4-5-15(6-8-17(20)10-14(2)19)7-9-18(22)11-16(12-21)13-23-3/h10-11,13,15H,2-9,22H2,1H3/b16-13+,17-10+,18-11+. The lowest BCUT2D eigenvalue weighted by atomic mass is 9.92. The Morgan fingerprint density at radius 1 is 1.26 bits per heavy atom. The highest BCUT2D eigenvalue weighted by atomic mass is 19.1. The quantitative estimate of drug-likeness (QED) is 0.321. The number of allylic oxidation sites excluding steroid dienone is 6. The molecule has 0 amide bonds. The fourth-order valence-electron chi connectivity index (χ4n) is 2.26. The average molecular weight is 321 g/mol. The lowest BCUT2D eigenvalue weighted by Gasteiger charge is -2.15. The monoisotopic (exact) mass is 321 g/mol. The van der Waals surface area contributed by atoms with Crippen LogP contribution in [0.2, 0.25) is 0 Å². The van der Waals surface area contributed by atoms with Gasteiger partial charge in [-0.15, -0.1) is 0 Å². The summed E-state index contributed by atoms with van der Waals surface area (Å²) in [6.45, 7) is 8.38. The van der Waals surface area contributed by atoms with E-state index in [1.54, 1.807) is 6.08 Å². The van der Waals surface area contributed by atoms with E-state index in [4.69, 9.17) is 11.0 Å². The Morgan fingerprint density at radius 3 is 2.43 bits per heavy atom. The zero-order valence-electron chi connectivity index (χ0n) is 13.7. The molecule has 23 heavy (non-hydrogen) atoms. The molecule has 0 aromatic rings. The van der Waals surface area contributed by atoms with Crippen LogP contribution in [0.25, 0.3) is 0 Å². The molecule has 0 aromatic carbocycles. The smallest absolute Gasteiger partial charge is 0.118 e. The van der Waals surface area contributed by atoms with Crippen LogP contribution in [0.1, 0.15) is 45.4 Å². The molecular formula is C18H25F2N3. The predicted molar refractivity (Wildman–Crippen MR) is 91.8 cm³/mol. The number of nitrogens with two attached hydrogens (primary N) is 1. The Kier molecular flexibility index (Phi) is 11.1. The second-order valence-corrected chi connectivity index (χ2v) is 5.37. The van der Waals surface area contributed by atoms with Gasteiger partial charge in [-0.25, -0.2) is 8.78 Å². The maximum atomic E-state index is 13.4. The van der Waals surface area contributed by atoms with Crippen molar-refractivity contribution in [3.8, 4) is 6.07 Å². The van der Waals surface area contributed by atoms with E-state index >= 15 is 0 Å². The van der Waals surface area contributed by atoms with E-state index in [1.807, 2.05) is 6.07 Å². The minimum atomic E-state index is -0.770. The SMILES string of the molecule is C=N/C=C(C#N)\C=C(\N)CCC(CCC)CC/C(F)=C\C(=C)F. The largest absolute Gasteiger partial charge is 0.402 e. The summed E-state index contributed by atoms with van der Waals surface area (Å²) >= 11 is 0. The molecule has 0 aromatic heterocycles. The number of hydrogen-bond acceptors (Lipinski definition) is 3. The predicted octanol–water partition coefficient (Wildman–Crippen LogP) is 5.25. The van der Waals surface area contributed by atoms with Gasteiger partial charge in [0.1, 0.15) is 17.7 Å². The van der Waals surface area contributed by atoms with Crippen molar-refractivity contribution in [2.24, 2.45) is 16.6 Å². The van der Waals surface area contributed by atoms with Crippen LogP contribution in [-0.2, 0) is 0 Å². The van der Waals surface area contributed by atoms with E-state index in [0.29, 0.717) is 30.0 Å². The van der Waals surface area contributed by atoms with Crippen LogP contribution in [-0.4, -0.2) is 6.72 Å². The van der Waals surface area contributed by atoms with Crippen molar-refractivity contribution >= 4 is 6.72 Å². The molecule has 0 fully saturated rings. The first-order valence-electron chi connectivity index (χ1n) is 7.65. The highest BCUT2D eigenvalue weighted by Gasteiger charge is 2.10. The van der Waals surface area contributed by atoms with Crippen molar-refractivity contribution in [2.45, 2.75) is 45.4 Å². The molecule has 0 spiro atoms. The second kappa shape index (κ2) is 12.3. The molecule has 0 aliphatic heterocycles. The first-order valence-corrected chi connectivity index (χ1v) is 7.65. The van der Waals surface area contributed by atoms with Crippen molar-refractivity contribution in [2.75, 3.05) is 0 Å². The molecule has 0 heterocycles. The Morgan fingerprint density at radius 2 is 1.91 bits per heavy atom. The lowest BCUT2D eigenvalue weighted by Crippen LogP contribution is -2.05. The molecule has 126 valence electrons. The van der Waals surface area contributed by atoms with E-state index in [9.17, 15) is 8.78 Å². The third-order valence-corrected chi connectivity index (χ3v) is 3.34. The van der Waals surface area contributed by atoms with Crippen LogP contribution in [0.4, 0.5) is 8.78 Å². The minimum absolute atomic E-state index is 0.195. The van der Waals surface area contributed by atoms with E-state index in [2.05, 4.69) is 25.2 Å². The number of nitriles is 1. The van der Waals surface area contributed by atoms with Crippen LogP contribution >= 0.6 is 0 Å². The zero-order chi connectivity index (χ0) is 17.7. The molecule has 0 radical (unpaired) electrons. The normalized spacial score (nSPS) is 14.3. The van der Waals surface area contributed by atoms with Gasteiger partial charge in [-0.3, -0.25) is 4.99 Å². The van der Waals surface area contributed by atoms with Gasteiger partial charge in [0.05, 0.1) is 5.57 Å². The molecule has 0 aliphatic carbocycles. The molecule has 0 aliphatic rings. The summed E-state index contributed by atoms with van der Waals surface area (Å²) in [6.07, 6.45) is 7.91. The minimum Gasteiger partial charge on any atom is -0.402 e. The fraction of sp³-hybridized carbons (Fsp3) is 0.444. The molecule has 2 N–H and O–H groups in total. The first kappa shape index (κ1) is 20.8. The van der Waals surface area contributed by atoms with Crippen LogP contribution in [0, 0.1) is 17.2 Å². The first-order chi connectivity index (χ1) is 10.9. The topological polar surface area (TPSA) is 62.2 Å². The summed E-state index contributed by atoms with van der Waals surface area (Å²) in [5.74, 6) is -0.965. The highest BCUT2D eigenvalue weighted by molar-refractivity contribution is 5.37. The maximum Gasteiger partial charge on any atom is 0.118 e. The van der Waals surface area contributed by atoms with Gasteiger partial charge in [-0.2, -0.15) is 5.26 Å². The molecule has 0 saturated carbocycles. The van der Waals surface area contributed by atoms with Gasteiger partial charge < -0.3 is 5.73 Å². The Labute approximate surface area is 137 Å². The highest BCUT2D eigenvalue weighted by Crippen LogP contribution is 2.24. The van der Waals surface area contributed by atoms with Crippen LogP contribution < -0.4 is 5.73 Å². The van der Waals surface area contributed by atoms with Gasteiger partial charge in [0.25, 0.3) is 0 Å². The Balaban J connectivity index is 4.57. The molecule has 1 atom stereocenters. The molecule has 1 unspecified atom stereocenters. The number of nitrogens with zero attached hydrogens (tertiary/aromatic N) is 2. The number of hydrogen-bond donors (Lipinski definition) is 1. The number of rotatable bonds is 11. The van der Waals surface area contributed by atoms with Gasteiger partial charge in [0, 0.05) is 18.0 Å². The second-order valence-electron chi connectivity index (χ2n) is 5.37. The maximum absolute atomic E-state index is 13.4. The number of halogens is 2. The summed E-state index contributed by atoms with van der Waals surface area (Å²) in [5.41, 5.74) is 6.83. The van der Waals surface area contributed by atoms with Crippen LogP contribution in [0.5, 0.6) is 0 Å². The van der Waals surface area contributed by atoms with Crippen molar-refractivity contribution in [1.82, 2.24) is 0 Å². The molecule has 5 heteroatoms. The van der Waals surface area contributed by atoms with Gasteiger partial charge in [0.15, 0.2) is 0 Å². The van der Waals surface area contributed by atoms with Crippen LogP contribution in [0.3, 0.4) is 0 Å². The lowest BCUT2D eigenvalue weighted by molar-refractivity contribution is 0.397. The summed E-state index contributed by atoms with van der Waals surface area (Å²) in [4.78, 5) is 3.54. The summed E-state index contributed by atoms with van der Waals surface area (Å²) in [5, 5.41) is 8.89. The molecule has 0 saturated heterocycles. The van der Waals surface area contributed by atoms with Crippen molar-refractivity contribution in [1.29, 1.82) is 5.26 Å². The van der Waals surface area contributed by atoms with Crippen molar-refractivity contribution in [3.63, 3.8) is 0 Å². The number of aliphatic imine (C=N–C) groups is 1. The van der Waals surface area contributed by atoms with Gasteiger partial charge in [-0.1, -0.05) is 26.3 Å². The van der Waals surface area contributed by atoms with E-state index in [1.165, 1.54) is 6.20 Å². The third-order valence-electron chi connectivity index (χ3n) is 3.34. The van der Waals surface area contributed by atoms with Crippen molar-refractivity contribution in [3.05, 3.63) is 47.9 Å². The average Bonchev–Trinajstić information content (AvgIpc) is 2.48. The summed E-state index contributed by atoms with van der Waals surface area (Å²) in [7, 11) is 0. The van der Waals surface area contributed by atoms with E-state index in [-0.39, 0.29) is 6.42 Å². The van der Waals surface area contributed by atoms with Gasteiger partial charge >= 0.3 is 0 Å². The van der Waals surface area contributed by atoms with Crippen LogP contribution in [0.15, 0.2) is 52.8 Å². The van der Waals surface area contributed by atoms with Gasteiger partial charge in [0.2, 0.25) is 0 Å². The fourth-order valence-corrected chi connectivity index (χ4v) is 2.26. The van der Waals surface area contributed by atoms with Gasteiger partial charge in [-0.05, 0) is 44.4 Å². The summed E-state index contributed by atoms with van der Waals surface area (Å²) in [6, 6.07) is 1.98.